The van der Waals surface area contributed by atoms with E-state index in [9.17, 15) is 14.9 Å². The van der Waals surface area contributed by atoms with Gasteiger partial charge >= 0.3 is 0 Å². The maximum Gasteiger partial charge on any atom is 0.270 e. The summed E-state index contributed by atoms with van der Waals surface area (Å²) in [5.41, 5.74) is -0.212. The standard InChI is InChI=1S/C16H13Cl3N2O5/c1-25-12-5-7-13(8-6-12)26-15(16(17,18)19)20-14(22)10-3-2-4-11(9-10)21(23)24/h2-9,15H,1H3,(H,20,22)/t15-/m1/s1. The number of benzene rings is 2. The van der Waals surface area contributed by atoms with Gasteiger partial charge in [0.2, 0.25) is 10.0 Å². The van der Waals surface area contributed by atoms with Crippen molar-refractivity contribution in [2.24, 2.45) is 0 Å². The number of carbonyl (C=O) groups excluding carboxylic acids is 1. The molecule has 1 amide bonds. The van der Waals surface area contributed by atoms with Crippen LogP contribution in [0.3, 0.4) is 0 Å². The van der Waals surface area contributed by atoms with Gasteiger partial charge in [0.1, 0.15) is 11.5 Å². The first-order valence-corrected chi connectivity index (χ1v) is 8.27. The van der Waals surface area contributed by atoms with Crippen molar-refractivity contribution in [3.05, 3.63) is 64.2 Å². The molecule has 0 saturated heterocycles. The summed E-state index contributed by atoms with van der Waals surface area (Å²) in [6.45, 7) is 0. The van der Waals surface area contributed by atoms with Gasteiger partial charge in [-0.05, 0) is 30.3 Å². The molecule has 0 aliphatic carbocycles. The van der Waals surface area contributed by atoms with E-state index < -0.39 is 20.9 Å². The molecule has 1 atom stereocenters. The van der Waals surface area contributed by atoms with Crippen LogP contribution in [0.4, 0.5) is 5.69 Å². The Bertz CT molecular complexity index is 793. The molecule has 2 rings (SSSR count). The smallest absolute Gasteiger partial charge is 0.270 e. The Labute approximate surface area is 163 Å². The second kappa shape index (κ2) is 8.44. The van der Waals surface area contributed by atoms with E-state index in [1.807, 2.05) is 0 Å². The Hall–Kier alpha value is -2.22. The molecule has 2 aromatic carbocycles. The van der Waals surface area contributed by atoms with Gasteiger partial charge in [0, 0.05) is 17.7 Å². The Balaban J connectivity index is 2.18. The van der Waals surface area contributed by atoms with Crippen LogP contribution in [0.5, 0.6) is 11.5 Å². The fraction of sp³-hybridized carbons (Fsp3) is 0.188. The maximum absolute atomic E-state index is 12.4. The molecule has 10 heteroatoms. The zero-order valence-electron chi connectivity index (χ0n) is 13.3. The molecule has 7 nitrogen and oxygen atoms in total. The lowest BCUT2D eigenvalue weighted by Crippen LogP contribution is -2.47. The topological polar surface area (TPSA) is 90.7 Å². The maximum atomic E-state index is 12.4. The first-order valence-electron chi connectivity index (χ1n) is 7.13. The highest BCUT2D eigenvalue weighted by Gasteiger charge is 2.36. The summed E-state index contributed by atoms with van der Waals surface area (Å²) in [6.07, 6.45) is -1.34. The quantitative estimate of drug-likeness (QED) is 0.329. The molecule has 1 N–H and O–H groups in total. The van der Waals surface area contributed by atoms with Crippen LogP contribution in [0.25, 0.3) is 0 Å². The van der Waals surface area contributed by atoms with Crippen LogP contribution in [0.1, 0.15) is 10.4 Å². The number of nitrogens with one attached hydrogen (secondary N) is 1. The molecule has 0 spiro atoms. The van der Waals surface area contributed by atoms with Crippen molar-refractivity contribution < 1.29 is 19.2 Å². The van der Waals surface area contributed by atoms with E-state index in [4.69, 9.17) is 44.3 Å². The number of rotatable bonds is 6. The highest BCUT2D eigenvalue weighted by atomic mass is 35.6. The number of carbonyl (C=O) groups is 1. The van der Waals surface area contributed by atoms with Crippen molar-refractivity contribution in [1.29, 1.82) is 0 Å². The Morgan fingerprint density at radius 2 is 1.77 bits per heavy atom. The second-order valence-electron chi connectivity index (χ2n) is 5.00. The number of nitrogens with zero attached hydrogens (tertiary/aromatic N) is 1. The Morgan fingerprint density at radius 1 is 1.15 bits per heavy atom. The van der Waals surface area contributed by atoms with Gasteiger partial charge in [-0.2, -0.15) is 0 Å². The number of non-ortho nitro benzene ring substituents is 1. The average Bonchev–Trinajstić information content (AvgIpc) is 2.61. The van der Waals surface area contributed by atoms with Crippen LogP contribution < -0.4 is 14.8 Å². The molecule has 0 radical (unpaired) electrons. The largest absolute Gasteiger partial charge is 0.497 e. The molecule has 0 aromatic heterocycles. The van der Waals surface area contributed by atoms with Gasteiger partial charge in [0.15, 0.2) is 0 Å². The number of hydrogen-bond acceptors (Lipinski definition) is 5. The van der Waals surface area contributed by atoms with Crippen molar-refractivity contribution in [2.75, 3.05) is 7.11 Å². The van der Waals surface area contributed by atoms with Gasteiger partial charge in [-0.25, -0.2) is 0 Å². The minimum Gasteiger partial charge on any atom is -0.497 e. The summed E-state index contributed by atoms with van der Waals surface area (Å²) >= 11 is 17.6. The molecular formula is C16H13Cl3N2O5. The van der Waals surface area contributed by atoms with Crippen LogP contribution in [0, 0.1) is 10.1 Å². The van der Waals surface area contributed by atoms with Crippen molar-refractivity contribution >= 4 is 46.4 Å². The zero-order chi connectivity index (χ0) is 19.3. The van der Waals surface area contributed by atoms with Crippen LogP contribution in [-0.4, -0.2) is 28.0 Å². The lowest BCUT2D eigenvalue weighted by Gasteiger charge is -2.26. The van der Waals surface area contributed by atoms with Gasteiger partial charge in [0.25, 0.3) is 11.6 Å². The molecular weight excluding hydrogens is 407 g/mol. The number of ether oxygens (including phenoxy) is 2. The van der Waals surface area contributed by atoms with Gasteiger partial charge in [-0.1, -0.05) is 40.9 Å². The van der Waals surface area contributed by atoms with Crippen molar-refractivity contribution in [2.45, 2.75) is 10.0 Å². The van der Waals surface area contributed by atoms with E-state index in [0.29, 0.717) is 11.5 Å². The molecule has 2 aromatic rings. The fourth-order valence-electron chi connectivity index (χ4n) is 1.93. The van der Waals surface area contributed by atoms with Crippen molar-refractivity contribution in [3.63, 3.8) is 0 Å². The van der Waals surface area contributed by atoms with Crippen molar-refractivity contribution in [3.8, 4) is 11.5 Å². The molecule has 0 bridgehead atoms. The normalized spacial score (nSPS) is 12.2. The number of nitro benzene ring substituents is 1. The SMILES string of the molecule is COc1ccc(O[C@@H](NC(=O)c2cccc([N+](=O)[O-])c2)C(Cl)(Cl)Cl)cc1. The predicted octanol–water partition coefficient (Wildman–Crippen LogP) is 4.11. The second-order valence-corrected chi connectivity index (χ2v) is 7.36. The number of methoxy groups -OCH3 is 1. The van der Waals surface area contributed by atoms with Crippen LogP contribution >= 0.6 is 34.8 Å². The van der Waals surface area contributed by atoms with Gasteiger partial charge in [-0.15, -0.1) is 0 Å². The van der Waals surface area contributed by atoms with E-state index >= 15 is 0 Å². The van der Waals surface area contributed by atoms with Gasteiger partial charge in [0.05, 0.1) is 12.0 Å². The summed E-state index contributed by atoms with van der Waals surface area (Å²) in [5.74, 6) is 0.225. The first kappa shape index (κ1) is 20.1. The minimum absolute atomic E-state index is 0.0248. The molecule has 0 aliphatic rings. The van der Waals surface area contributed by atoms with Crippen molar-refractivity contribution in [1.82, 2.24) is 5.32 Å². The molecule has 0 aliphatic heterocycles. The van der Waals surface area contributed by atoms with Crippen LogP contribution in [0.2, 0.25) is 0 Å². The van der Waals surface area contributed by atoms with E-state index in [2.05, 4.69) is 5.32 Å². The fourth-order valence-corrected chi connectivity index (χ4v) is 2.23. The van der Waals surface area contributed by atoms with Crippen LogP contribution in [-0.2, 0) is 0 Å². The summed E-state index contributed by atoms with van der Waals surface area (Å²) < 4.78 is 8.58. The third-order valence-electron chi connectivity index (χ3n) is 3.19. The summed E-state index contributed by atoms with van der Waals surface area (Å²) in [6, 6.07) is 11.5. The highest BCUT2D eigenvalue weighted by Crippen LogP contribution is 2.32. The monoisotopic (exact) mass is 418 g/mol. The molecule has 0 unspecified atom stereocenters. The zero-order valence-corrected chi connectivity index (χ0v) is 15.6. The molecule has 0 fully saturated rings. The highest BCUT2D eigenvalue weighted by molar-refractivity contribution is 6.68. The number of nitro groups is 1. The lowest BCUT2D eigenvalue weighted by atomic mass is 10.2. The molecule has 138 valence electrons. The number of halogens is 3. The van der Waals surface area contributed by atoms with Gasteiger partial charge < -0.3 is 14.8 Å². The average molecular weight is 420 g/mol. The van der Waals surface area contributed by atoms with Gasteiger partial charge in [-0.3, -0.25) is 14.9 Å². The molecule has 26 heavy (non-hydrogen) atoms. The molecule has 0 heterocycles. The van der Waals surface area contributed by atoms with E-state index in [-0.39, 0.29) is 11.3 Å². The first-order chi connectivity index (χ1) is 12.2. The molecule has 0 saturated carbocycles. The Morgan fingerprint density at radius 3 is 2.31 bits per heavy atom. The number of alkyl halides is 3. The Kier molecular flexibility index (Phi) is 6.52. The summed E-state index contributed by atoms with van der Waals surface area (Å²) in [7, 11) is 1.51. The van der Waals surface area contributed by atoms with E-state index in [0.717, 1.165) is 6.07 Å². The summed E-state index contributed by atoms with van der Waals surface area (Å²) in [4.78, 5) is 22.6. The van der Waals surface area contributed by atoms with E-state index in [1.54, 1.807) is 24.3 Å². The van der Waals surface area contributed by atoms with E-state index in [1.165, 1.54) is 25.3 Å². The number of hydrogen-bond donors (Lipinski definition) is 1. The summed E-state index contributed by atoms with van der Waals surface area (Å²) in [5, 5.41) is 13.2. The third-order valence-corrected chi connectivity index (χ3v) is 3.79. The number of amides is 1. The lowest BCUT2D eigenvalue weighted by molar-refractivity contribution is -0.384. The predicted molar refractivity (Wildman–Crippen MR) is 98.3 cm³/mol. The van der Waals surface area contributed by atoms with Crippen LogP contribution in [0.15, 0.2) is 48.5 Å². The third kappa shape index (κ3) is 5.39. The minimum atomic E-state index is -1.99.